The predicted octanol–water partition coefficient (Wildman–Crippen LogP) is 3.24. The minimum atomic E-state index is -0.540. The highest BCUT2D eigenvalue weighted by Crippen LogP contribution is 2.34. The number of halogens is 2. The molecule has 1 aromatic carbocycles. The van der Waals surface area contributed by atoms with E-state index < -0.39 is 11.7 Å². The summed E-state index contributed by atoms with van der Waals surface area (Å²) in [5.74, 6) is 0.478. The summed E-state index contributed by atoms with van der Waals surface area (Å²) in [4.78, 5) is 34.1. The highest BCUT2D eigenvalue weighted by molar-refractivity contribution is 6.30. The molecule has 37 heavy (non-hydrogen) atoms. The Kier molecular flexibility index (Phi) is 7.08. The first-order valence-electron chi connectivity index (χ1n) is 11.9. The summed E-state index contributed by atoms with van der Waals surface area (Å²) in [5, 5.41) is 17.7. The first-order chi connectivity index (χ1) is 17.9. The molecule has 192 valence electrons. The van der Waals surface area contributed by atoms with Crippen LogP contribution in [-0.2, 0) is 6.54 Å². The van der Waals surface area contributed by atoms with E-state index in [1.807, 2.05) is 0 Å². The third-order valence-electron chi connectivity index (χ3n) is 6.44. The normalized spacial score (nSPS) is 17.6. The van der Waals surface area contributed by atoms with Crippen molar-refractivity contribution in [1.29, 1.82) is 0 Å². The lowest BCUT2D eigenvalue weighted by molar-refractivity contribution is 0.0934. The lowest BCUT2D eigenvalue weighted by Crippen LogP contribution is -2.33. The van der Waals surface area contributed by atoms with Crippen LogP contribution in [0.1, 0.15) is 69.9 Å². The molecule has 1 aliphatic rings. The quantitative estimate of drug-likeness (QED) is 0.374. The summed E-state index contributed by atoms with van der Waals surface area (Å²) in [6.07, 6.45) is 4.93. The number of carbonyl (C=O) groups excluding carboxylic acids is 2. The summed E-state index contributed by atoms with van der Waals surface area (Å²) < 4.78 is 20.2. The van der Waals surface area contributed by atoms with Gasteiger partial charge in [0.15, 0.2) is 0 Å². The summed E-state index contributed by atoms with van der Waals surface area (Å²) in [6, 6.07) is 5.55. The highest BCUT2D eigenvalue weighted by Gasteiger charge is 2.27. The number of amides is 2. The van der Waals surface area contributed by atoms with Crippen LogP contribution in [0.5, 0.6) is 0 Å². The monoisotopic (exact) mass is 526 g/mol. The van der Waals surface area contributed by atoms with Crippen LogP contribution in [0, 0.1) is 18.7 Å². The zero-order valence-electron chi connectivity index (χ0n) is 19.9. The van der Waals surface area contributed by atoms with E-state index in [0.717, 1.165) is 25.7 Å². The molecule has 0 spiro atoms. The molecule has 1 fully saturated rings. The number of rotatable bonds is 7. The van der Waals surface area contributed by atoms with Crippen LogP contribution < -0.4 is 10.6 Å². The molecule has 5 rings (SSSR count). The van der Waals surface area contributed by atoms with Crippen LogP contribution in [-0.4, -0.2) is 48.1 Å². The smallest absolute Gasteiger partial charge is 0.270 e. The Morgan fingerprint density at radius 2 is 1.95 bits per heavy atom. The maximum atomic E-state index is 13.4. The summed E-state index contributed by atoms with van der Waals surface area (Å²) >= 11 is 5.80. The summed E-state index contributed by atoms with van der Waals surface area (Å²) in [5.41, 5.74) is 0.770. The predicted molar refractivity (Wildman–Crippen MR) is 129 cm³/mol. The van der Waals surface area contributed by atoms with Crippen LogP contribution in [0.3, 0.4) is 0 Å². The Morgan fingerprint density at radius 3 is 2.68 bits per heavy atom. The molecule has 0 bridgehead atoms. The third kappa shape index (κ3) is 5.58. The van der Waals surface area contributed by atoms with E-state index >= 15 is 0 Å². The number of fused-ring (bicyclic) bond motifs is 1. The first kappa shape index (κ1) is 24.8. The molecule has 2 N–H and O–H groups in total. The molecule has 1 aliphatic carbocycles. The molecule has 11 nitrogen and oxygen atoms in total. The lowest BCUT2D eigenvalue weighted by atomic mass is 9.82. The van der Waals surface area contributed by atoms with Gasteiger partial charge in [0, 0.05) is 32.0 Å². The number of aromatic nitrogens is 6. The first-order valence-corrected chi connectivity index (χ1v) is 12.3. The zero-order chi connectivity index (χ0) is 25.9. The molecule has 13 heteroatoms. The number of carbonyl (C=O) groups is 2. The molecule has 0 atom stereocenters. The van der Waals surface area contributed by atoms with Crippen molar-refractivity contribution in [2.75, 3.05) is 6.54 Å². The molecule has 2 amide bonds. The molecule has 0 radical (unpaired) electrons. The molecular weight excluding hydrogens is 503 g/mol. The van der Waals surface area contributed by atoms with Gasteiger partial charge in [-0.05, 0) is 49.3 Å². The molecule has 0 unspecified atom stereocenters. The van der Waals surface area contributed by atoms with Gasteiger partial charge < -0.3 is 15.1 Å². The fraction of sp³-hybridized carbons (Fsp3) is 0.375. The number of benzene rings is 1. The van der Waals surface area contributed by atoms with Crippen molar-refractivity contribution in [1.82, 2.24) is 40.4 Å². The molecule has 1 saturated carbocycles. The van der Waals surface area contributed by atoms with Crippen LogP contribution >= 0.6 is 11.6 Å². The topological polar surface area (TPSA) is 140 Å². The fourth-order valence-electron chi connectivity index (χ4n) is 4.43. The number of nitrogens with zero attached hydrogens (tertiary/aromatic N) is 6. The van der Waals surface area contributed by atoms with Crippen molar-refractivity contribution in [3.63, 3.8) is 0 Å². The van der Waals surface area contributed by atoms with Gasteiger partial charge in [-0.15, -0.1) is 10.2 Å². The van der Waals surface area contributed by atoms with E-state index in [2.05, 4.69) is 35.9 Å². The second-order valence-electron chi connectivity index (χ2n) is 9.02. The molecule has 0 aliphatic heterocycles. The number of aryl methyl sites for hydroxylation is 1. The Hall–Kier alpha value is -3.93. The van der Waals surface area contributed by atoms with Crippen molar-refractivity contribution >= 4 is 29.2 Å². The van der Waals surface area contributed by atoms with Gasteiger partial charge in [-0.2, -0.15) is 14.6 Å². The van der Waals surface area contributed by atoms with Crippen LogP contribution in [0.2, 0.25) is 5.02 Å². The van der Waals surface area contributed by atoms with Gasteiger partial charge in [0.2, 0.25) is 11.8 Å². The number of hydrogen-bond donors (Lipinski definition) is 2. The standard InChI is InChI=1S/C24H24ClFN8O3/c1-13-32-33-23(37-13)16-5-2-14(3-6-16)10-28-22(36)20-9-19(31-24-29-12-30-34(20)24)21(35)27-11-15-4-7-18(26)17(25)8-15/h4,7-9,12,14,16H,2-3,5-6,10-11H2,1H3,(H,27,35)(H,28,36)/t14-,16-. The van der Waals surface area contributed by atoms with E-state index in [1.165, 1.54) is 35.1 Å². The lowest BCUT2D eigenvalue weighted by Gasteiger charge is -2.26. The van der Waals surface area contributed by atoms with Gasteiger partial charge in [0.25, 0.3) is 17.6 Å². The van der Waals surface area contributed by atoms with E-state index in [4.69, 9.17) is 16.0 Å². The number of hydrogen-bond acceptors (Lipinski definition) is 8. The Balaban J connectivity index is 1.21. The minimum Gasteiger partial charge on any atom is -0.425 e. The maximum absolute atomic E-state index is 13.4. The SMILES string of the molecule is Cc1nnc([C@H]2CC[C@H](CNC(=O)c3cc(C(=O)NCc4ccc(F)c(Cl)c4)nc4ncnn34)CC2)o1. The summed E-state index contributed by atoms with van der Waals surface area (Å²) in [6.45, 7) is 2.37. The zero-order valence-corrected chi connectivity index (χ0v) is 20.7. The Bertz CT molecular complexity index is 1450. The molecular formula is C24H24ClFN8O3. The van der Waals surface area contributed by atoms with Gasteiger partial charge in [-0.3, -0.25) is 9.59 Å². The van der Waals surface area contributed by atoms with Crippen molar-refractivity contribution in [2.24, 2.45) is 5.92 Å². The average Bonchev–Trinajstić information content (AvgIpc) is 3.56. The minimum absolute atomic E-state index is 0.00853. The second-order valence-corrected chi connectivity index (χ2v) is 9.42. The van der Waals surface area contributed by atoms with E-state index in [0.29, 0.717) is 29.8 Å². The van der Waals surface area contributed by atoms with Crippen molar-refractivity contribution < 1.29 is 18.4 Å². The molecule has 4 aromatic rings. The Labute approximate surface area is 215 Å². The highest BCUT2D eigenvalue weighted by atomic mass is 35.5. The van der Waals surface area contributed by atoms with E-state index in [1.54, 1.807) is 6.92 Å². The second kappa shape index (κ2) is 10.6. The summed E-state index contributed by atoms with van der Waals surface area (Å²) in [7, 11) is 0. The van der Waals surface area contributed by atoms with Crippen LogP contribution in [0.4, 0.5) is 4.39 Å². The fourth-order valence-corrected chi connectivity index (χ4v) is 4.63. The Morgan fingerprint density at radius 1 is 1.14 bits per heavy atom. The van der Waals surface area contributed by atoms with Gasteiger partial charge in [0.05, 0.1) is 5.02 Å². The third-order valence-corrected chi connectivity index (χ3v) is 6.73. The van der Waals surface area contributed by atoms with Gasteiger partial charge in [-0.25, -0.2) is 9.37 Å². The van der Waals surface area contributed by atoms with Crippen molar-refractivity contribution in [2.45, 2.75) is 45.1 Å². The van der Waals surface area contributed by atoms with Crippen LogP contribution in [0.25, 0.3) is 5.78 Å². The molecule has 0 saturated heterocycles. The van der Waals surface area contributed by atoms with Crippen molar-refractivity contribution in [3.8, 4) is 0 Å². The van der Waals surface area contributed by atoms with E-state index in [9.17, 15) is 14.0 Å². The largest absolute Gasteiger partial charge is 0.425 e. The van der Waals surface area contributed by atoms with E-state index in [-0.39, 0.29) is 40.6 Å². The van der Waals surface area contributed by atoms with Gasteiger partial charge >= 0.3 is 0 Å². The molecule has 3 aromatic heterocycles. The van der Waals surface area contributed by atoms with Gasteiger partial charge in [-0.1, -0.05) is 17.7 Å². The van der Waals surface area contributed by atoms with Crippen molar-refractivity contribution in [3.05, 3.63) is 70.2 Å². The van der Waals surface area contributed by atoms with Gasteiger partial charge in [0.1, 0.15) is 23.5 Å². The average molecular weight is 527 g/mol. The maximum Gasteiger partial charge on any atom is 0.270 e. The molecule has 3 heterocycles. The van der Waals surface area contributed by atoms with Crippen LogP contribution in [0.15, 0.2) is 35.0 Å². The number of nitrogens with one attached hydrogen (secondary N) is 2.